The third-order valence-corrected chi connectivity index (χ3v) is 5.08. The lowest BCUT2D eigenvalue weighted by atomic mass is 9.98. The van der Waals surface area contributed by atoms with E-state index in [9.17, 15) is 9.90 Å². The van der Waals surface area contributed by atoms with Crippen LogP contribution in [-0.4, -0.2) is 23.2 Å². The molecule has 1 heterocycles. The number of hydrogen-bond donors (Lipinski definition) is 1. The second kappa shape index (κ2) is 6.37. The number of ether oxygens (including phenoxy) is 1. The number of benzene rings is 1. The molecule has 0 atom stereocenters. The normalized spacial score (nSPS) is 11.6. The third-order valence-electron chi connectivity index (χ3n) is 3.79. The van der Waals surface area contributed by atoms with Crippen molar-refractivity contribution in [1.29, 1.82) is 0 Å². The molecule has 0 amide bonds. The number of carbonyl (C=O) groups is 1. The molecule has 0 bridgehead atoms. The van der Waals surface area contributed by atoms with Gasteiger partial charge in [-0.25, -0.2) is 9.78 Å². The average Bonchev–Trinajstić information content (AvgIpc) is 2.97. The molecule has 4 nitrogen and oxygen atoms in total. The van der Waals surface area contributed by atoms with Crippen LogP contribution in [0.1, 0.15) is 42.2 Å². The molecule has 21 heavy (non-hydrogen) atoms. The van der Waals surface area contributed by atoms with Crippen molar-refractivity contribution in [2.75, 3.05) is 7.11 Å². The molecule has 0 saturated heterocycles. The fraction of sp³-hybridized carbons (Fsp3) is 0.375. The molecule has 0 spiro atoms. The molecule has 1 aromatic carbocycles. The standard InChI is InChI=1S/C16H19NO3S/c1-4-16(5-2,20-3)15-17-12(14(18)19)13(21-15)11-9-7-6-8-10-11/h6-10H,4-5H2,1-3H3,(H,18,19). The van der Waals surface area contributed by atoms with Gasteiger partial charge in [-0.1, -0.05) is 44.2 Å². The molecule has 5 heteroatoms. The number of methoxy groups -OCH3 is 1. The Kier molecular flexibility index (Phi) is 4.75. The van der Waals surface area contributed by atoms with Crippen molar-refractivity contribution in [3.63, 3.8) is 0 Å². The molecular formula is C16H19NO3S. The maximum atomic E-state index is 11.5. The van der Waals surface area contributed by atoms with Gasteiger partial charge in [0.25, 0.3) is 0 Å². The van der Waals surface area contributed by atoms with Gasteiger partial charge in [0.1, 0.15) is 10.6 Å². The van der Waals surface area contributed by atoms with Crippen molar-refractivity contribution >= 4 is 17.3 Å². The van der Waals surface area contributed by atoms with Crippen LogP contribution in [0.25, 0.3) is 10.4 Å². The minimum absolute atomic E-state index is 0.101. The molecule has 112 valence electrons. The van der Waals surface area contributed by atoms with Gasteiger partial charge in [0.2, 0.25) is 0 Å². The van der Waals surface area contributed by atoms with Crippen molar-refractivity contribution in [1.82, 2.24) is 4.98 Å². The van der Waals surface area contributed by atoms with Crippen LogP contribution in [0.4, 0.5) is 0 Å². The molecule has 1 aromatic heterocycles. The van der Waals surface area contributed by atoms with Gasteiger partial charge >= 0.3 is 5.97 Å². The number of carboxylic acid groups (broad SMARTS) is 1. The van der Waals surface area contributed by atoms with Crippen molar-refractivity contribution < 1.29 is 14.6 Å². The summed E-state index contributed by atoms with van der Waals surface area (Å²) >= 11 is 1.40. The Morgan fingerprint density at radius 3 is 2.38 bits per heavy atom. The molecular weight excluding hydrogens is 286 g/mol. The first-order valence-corrected chi connectivity index (χ1v) is 7.74. The number of aromatic nitrogens is 1. The highest BCUT2D eigenvalue weighted by Gasteiger charge is 2.34. The van der Waals surface area contributed by atoms with E-state index >= 15 is 0 Å². The monoisotopic (exact) mass is 305 g/mol. The average molecular weight is 305 g/mol. The SMILES string of the molecule is CCC(CC)(OC)c1nc(C(=O)O)c(-c2ccccc2)s1. The third kappa shape index (κ3) is 2.84. The van der Waals surface area contributed by atoms with Gasteiger partial charge < -0.3 is 9.84 Å². The summed E-state index contributed by atoms with van der Waals surface area (Å²) in [5.74, 6) is -1.01. The topological polar surface area (TPSA) is 59.4 Å². The lowest BCUT2D eigenvalue weighted by Gasteiger charge is -2.27. The Bertz CT molecular complexity index is 609. The first kappa shape index (κ1) is 15.7. The Hall–Kier alpha value is -1.72. The van der Waals surface area contributed by atoms with E-state index in [0.29, 0.717) is 4.88 Å². The van der Waals surface area contributed by atoms with Crippen molar-refractivity contribution in [2.24, 2.45) is 0 Å². The summed E-state index contributed by atoms with van der Waals surface area (Å²) in [5.41, 5.74) is 0.461. The molecule has 0 aliphatic carbocycles. The zero-order valence-electron chi connectivity index (χ0n) is 12.4. The first-order chi connectivity index (χ1) is 10.1. The van der Waals surface area contributed by atoms with Gasteiger partial charge in [-0.05, 0) is 18.4 Å². The van der Waals surface area contributed by atoms with E-state index in [1.54, 1.807) is 7.11 Å². The van der Waals surface area contributed by atoms with Crippen molar-refractivity contribution in [3.05, 3.63) is 41.0 Å². The zero-order valence-corrected chi connectivity index (χ0v) is 13.2. The fourth-order valence-electron chi connectivity index (χ4n) is 2.37. The van der Waals surface area contributed by atoms with Gasteiger partial charge in [0.05, 0.1) is 4.88 Å². The lowest BCUT2D eigenvalue weighted by molar-refractivity contribution is -0.0219. The molecule has 2 aromatic rings. The van der Waals surface area contributed by atoms with Gasteiger partial charge in [-0.2, -0.15) is 0 Å². The predicted octanol–water partition coefficient (Wildman–Crippen LogP) is 4.17. The highest BCUT2D eigenvalue weighted by atomic mass is 32.1. The number of nitrogens with zero attached hydrogens (tertiary/aromatic N) is 1. The van der Waals surface area contributed by atoms with E-state index in [0.717, 1.165) is 23.4 Å². The van der Waals surface area contributed by atoms with Crippen LogP contribution in [0, 0.1) is 0 Å². The minimum Gasteiger partial charge on any atom is -0.476 e. The maximum Gasteiger partial charge on any atom is 0.356 e. The Labute approximate surface area is 128 Å². The molecule has 0 unspecified atom stereocenters. The zero-order chi connectivity index (χ0) is 15.5. The van der Waals surface area contributed by atoms with E-state index in [2.05, 4.69) is 4.98 Å². The highest BCUT2D eigenvalue weighted by Crippen LogP contribution is 2.40. The predicted molar refractivity (Wildman–Crippen MR) is 83.8 cm³/mol. The molecule has 0 saturated carbocycles. The van der Waals surface area contributed by atoms with Crippen LogP contribution < -0.4 is 0 Å². The summed E-state index contributed by atoms with van der Waals surface area (Å²) in [6.07, 6.45) is 1.50. The summed E-state index contributed by atoms with van der Waals surface area (Å²) in [5, 5.41) is 10.2. The van der Waals surface area contributed by atoms with Gasteiger partial charge in [-0.15, -0.1) is 11.3 Å². The van der Waals surface area contributed by atoms with Gasteiger partial charge in [0.15, 0.2) is 5.69 Å². The number of rotatable bonds is 6. The number of aromatic carboxylic acids is 1. The van der Waals surface area contributed by atoms with Crippen LogP contribution in [0.3, 0.4) is 0 Å². The second-order valence-electron chi connectivity index (χ2n) is 4.77. The van der Waals surface area contributed by atoms with E-state index in [-0.39, 0.29) is 5.69 Å². The largest absolute Gasteiger partial charge is 0.476 e. The van der Waals surface area contributed by atoms with Crippen molar-refractivity contribution in [3.8, 4) is 10.4 Å². The summed E-state index contributed by atoms with van der Waals surface area (Å²) in [6.45, 7) is 4.05. The van der Waals surface area contributed by atoms with Crippen LogP contribution >= 0.6 is 11.3 Å². The number of carboxylic acids is 1. The molecule has 0 aliphatic rings. The highest BCUT2D eigenvalue weighted by molar-refractivity contribution is 7.15. The summed E-state index contributed by atoms with van der Waals surface area (Å²) in [7, 11) is 1.65. The second-order valence-corrected chi connectivity index (χ2v) is 5.77. The summed E-state index contributed by atoms with van der Waals surface area (Å²) in [6, 6.07) is 9.49. The Balaban J connectivity index is 2.60. The van der Waals surface area contributed by atoms with Crippen LogP contribution in [0.15, 0.2) is 30.3 Å². The Morgan fingerprint density at radius 2 is 1.90 bits per heavy atom. The van der Waals surface area contributed by atoms with E-state index in [1.165, 1.54) is 11.3 Å². The van der Waals surface area contributed by atoms with Gasteiger partial charge in [0, 0.05) is 7.11 Å². The number of hydrogen-bond acceptors (Lipinski definition) is 4. The van der Waals surface area contributed by atoms with Gasteiger partial charge in [-0.3, -0.25) is 0 Å². The minimum atomic E-state index is -1.01. The van der Waals surface area contributed by atoms with E-state index in [4.69, 9.17) is 4.74 Å². The molecule has 0 radical (unpaired) electrons. The molecule has 0 fully saturated rings. The van der Waals surface area contributed by atoms with Crippen LogP contribution in [-0.2, 0) is 10.3 Å². The fourth-order valence-corrected chi connectivity index (χ4v) is 3.75. The lowest BCUT2D eigenvalue weighted by Crippen LogP contribution is -2.26. The number of thiazole rings is 1. The molecule has 1 N–H and O–H groups in total. The summed E-state index contributed by atoms with van der Waals surface area (Å²) < 4.78 is 5.66. The molecule has 2 rings (SSSR count). The molecule has 0 aliphatic heterocycles. The smallest absolute Gasteiger partial charge is 0.356 e. The first-order valence-electron chi connectivity index (χ1n) is 6.93. The van der Waals surface area contributed by atoms with E-state index < -0.39 is 11.6 Å². The van der Waals surface area contributed by atoms with E-state index in [1.807, 2.05) is 44.2 Å². The maximum absolute atomic E-state index is 11.5. The van der Waals surface area contributed by atoms with Crippen LogP contribution in [0.5, 0.6) is 0 Å². The van der Waals surface area contributed by atoms with Crippen molar-refractivity contribution in [2.45, 2.75) is 32.3 Å². The van der Waals surface area contributed by atoms with Crippen LogP contribution in [0.2, 0.25) is 0 Å². The quantitative estimate of drug-likeness (QED) is 0.870. The Morgan fingerprint density at radius 1 is 1.29 bits per heavy atom. The summed E-state index contributed by atoms with van der Waals surface area (Å²) in [4.78, 5) is 16.6.